The summed E-state index contributed by atoms with van der Waals surface area (Å²) in [7, 11) is 1.62. The van der Waals surface area contributed by atoms with E-state index in [1.807, 2.05) is 23.7 Å². The number of aromatic nitrogens is 3. The van der Waals surface area contributed by atoms with Gasteiger partial charge < -0.3 is 10.5 Å². The average Bonchev–Trinajstić information content (AvgIpc) is 2.86. The smallest absolute Gasteiger partial charge is 0.142 e. The molecule has 0 saturated heterocycles. The lowest BCUT2D eigenvalue weighted by atomic mass is 10.1. The first-order valence-electron chi connectivity index (χ1n) is 5.53. The predicted molar refractivity (Wildman–Crippen MR) is 64.7 cm³/mol. The quantitative estimate of drug-likeness (QED) is 0.864. The number of rotatable bonds is 4. The third kappa shape index (κ3) is 2.14. The molecule has 1 unspecified atom stereocenters. The van der Waals surface area contributed by atoms with Crippen molar-refractivity contribution in [3.63, 3.8) is 0 Å². The molecular formula is C12H16N4O. The summed E-state index contributed by atoms with van der Waals surface area (Å²) in [5, 5.41) is 4.22. The van der Waals surface area contributed by atoms with Crippen LogP contribution in [0.15, 0.2) is 30.7 Å². The standard InChI is InChI=1S/C12H16N4O/c1-3-16-10(5-7-15-16)12(13)9-4-6-14-8-11(9)17-2/h4-8,12H,3,13H2,1-2H3. The maximum atomic E-state index is 6.24. The van der Waals surface area contributed by atoms with Crippen LogP contribution in [0.2, 0.25) is 0 Å². The zero-order valence-electron chi connectivity index (χ0n) is 10.00. The molecule has 0 aliphatic heterocycles. The van der Waals surface area contributed by atoms with E-state index in [0.717, 1.165) is 17.8 Å². The van der Waals surface area contributed by atoms with Gasteiger partial charge in [-0.05, 0) is 19.1 Å². The minimum Gasteiger partial charge on any atom is -0.495 e. The highest BCUT2D eigenvalue weighted by Crippen LogP contribution is 2.26. The third-order valence-corrected chi connectivity index (χ3v) is 2.74. The highest BCUT2D eigenvalue weighted by Gasteiger charge is 2.17. The number of nitrogens with zero attached hydrogens (tertiary/aromatic N) is 3. The Bertz CT molecular complexity index is 495. The van der Waals surface area contributed by atoms with Gasteiger partial charge in [-0.25, -0.2) is 0 Å². The Morgan fingerprint density at radius 1 is 1.41 bits per heavy atom. The highest BCUT2D eigenvalue weighted by molar-refractivity contribution is 5.37. The van der Waals surface area contributed by atoms with Crippen LogP contribution < -0.4 is 10.5 Å². The largest absolute Gasteiger partial charge is 0.495 e. The molecular weight excluding hydrogens is 216 g/mol. The van der Waals surface area contributed by atoms with Crippen molar-refractivity contribution >= 4 is 0 Å². The number of hydrogen-bond donors (Lipinski definition) is 1. The maximum Gasteiger partial charge on any atom is 0.142 e. The van der Waals surface area contributed by atoms with Crippen LogP contribution in [-0.4, -0.2) is 21.9 Å². The van der Waals surface area contributed by atoms with Gasteiger partial charge in [0.05, 0.1) is 25.0 Å². The summed E-state index contributed by atoms with van der Waals surface area (Å²) in [6, 6.07) is 3.54. The normalized spacial score (nSPS) is 12.4. The molecule has 0 aliphatic rings. The van der Waals surface area contributed by atoms with Crippen LogP contribution in [-0.2, 0) is 6.54 Å². The predicted octanol–water partition coefficient (Wildman–Crippen LogP) is 1.35. The van der Waals surface area contributed by atoms with E-state index in [1.54, 1.807) is 25.7 Å². The molecule has 0 spiro atoms. The van der Waals surface area contributed by atoms with Crippen LogP contribution in [0.25, 0.3) is 0 Å². The second-order valence-electron chi connectivity index (χ2n) is 3.67. The molecule has 5 nitrogen and oxygen atoms in total. The Labute approximate surface area is 100 Å². The molecule has 0 aliphatic carbocycles. The van der Waals surface area contributed by atoms with Crippen molar-refractivity contribution in [2.45, 2.75) is 19.5 Å². The van der Waals surface area contributed by atoms with Gasteiger partial charge in [-0.1, -0.05) is 0 Å². The van der Waals surface area contributed by atoms with E-state index in [4.69, 9.17) is 10.5 Å². The van der Waals surface area contributed by atoms with Crippen molar-refractivity contribution in [2.24, 2.45) is 5.73 Å². The molecule has 0 radical (unpaired) electrons. The molecule has 2 aromatic heterocycles. The molecule has 17 heavy (non-hydrogen) atoms. The molecule has 0 amide bonds. The first kappa shape index (κ1) is 11.6. The van der Waals surface area contributed by atoms with Gasteiger partial charge in [0.1, 0.15) is 5.75 Å². The molecule has 0 saturated carbocycles. The molecule has 0 fully saturated rings. The van der Waals surface area contributed by atoms with E-state index >= 15 is 0 Å². The topological polar surface area (TPSA) is 66.0 Å². The fraction of sp³-hybridized carbons (Fsp3) is 0.333. The summed E-state index contributed by atoms with van der Waals surface area (Å²) in [6.45, 7) is 2.83. The first-order chi connectivity index (χ1) is 8.27. The second-order valence-corrected chi connectivity index (χ2v) is 3.67. The van der Waals surface area contributed by atoms with E-state index in [-0.39, 0.29) is 6.04 Å². The molecule has 90 valence electrons. The fourth-order valence-corrected chi connectivity index (χ4v) is 1.85. The van der Waals surface area contributed by atoms with Crippen LogP contribution in [0.3, 0.4) is 0 Å². The van der Waals surface area contributed by atoms with Crippen LogP contribution in [0.5, 0.6) is 5.75 Å². The fourth-order valence-electron chi connectivity index (χ4n) is 1.85. The molecule has 2 rings (SSSR count). The lowest BCUT2D eigenvalue weighted by Gasteiger charge is -2.16. The van der Waals surface area contributed by atoms with Crippen molar-refractivity contribution < 1.29 is 4.74 Å². The highest BCUT2D eigenvalue weighted by atomic mass is 16.5. The number of hydrogen-bond acceptors (Lipinski definition) is 4. The van der Waals surface area contributed by atoms with Crippen LogP contribution >= 0.6 is 0 Å². The molecule has 2 N–H and O–H groups in total. The Balaban J connectivity index is 2.40. The van der Waals surface area contributed by atoms with Gasteiger partial charge in [0.2, 0.25) is 0 Å². The molecule has 0 bridgehead atoms. The SMILES string of the molecule is CCn1nccc1C(N)c1ccncc1OC. The Morgan fingerprint density at radius 3 is 2.94 bits per heavy atom. The summed E-state index contributed by atoms with van der Waals surface area (Å²) in [6.07, 6.45) is 5.14. The first-order valence-corrected chi connectivity index (χ1v) is 5.53. The van der Waals surface area contributed by atoms with E-state index in [0.29, 0.717) is 5.75 Å². The Morgan fingerprint density at radius 2 is 2.24 bits per heavy atom. The van der Waals surface area contributed by atoms with E-state index in [9.17, 15) is 0 Å². The summed E-state index contributed by atoms with van der Waals surface area (Å²) < 4.78 is 7.15. The Hall–Kier alpha value is -1.88. The number of ether oxygens (including phenoxy) is 1. The van der Waals surface area contributed by atoms with Crippen molar-refractivity contribution in [1.29, 1.82) is 0 Å². The zero-order valence-corrected chi connectivity index (χ0v) is 10.00. The van der Waals surface area contributed by atoms with Crippen molar-refractivity contribution in [3.8, 4) is 5.75 Å². The molecule has 1 atom stereocenters. The van der Waals surface area contributed by atoms with Crippen LogP contribution in [0.4, 0.5) is 0 Å². The van der Waals surface area contributed by atoms with Crippen LogP contribution in [0, 0.1) is 0 Å². The molecule has 0 aromatic carbocycles. The lowest BCUT2D eigenvalue weighted by molar-refractivity contribution is 0.404. The number of pyridine rings is 1. The molecule has 2 aromatic rings. The van der Waals surface area contributed by atoms with Gasteiger partial charge in [-0.15, -0.1) is 0 Å². The van der Waals surface area contributed by atoms with Gasteiger partial charge in [0.15, 0.2) is 0 Å². The zero-order chi connectivity index (χ0) is 12.3. The van der Waals surface area contributed by atoms with E-state index < -0.39 is 0 Å². The minimum atomic E-state index is -0.254. The third-order valence-electron chi connectivity index (χ3n) is 2.74. The minimum absolute atomic E-state index is 0.254. The van der Waals surface area contributed by atoms with Gasteiger partial charge >= 0.3 is 0 Å². The van der Waals surface area contributed by atoms with Gasteiger partial charge in [0, 0.05) is 24.5 Å². The van der Waals surface area contributed by atoms with Gasteiger partial charge in [0.25, 0.3) is 0 Å². The molecule has 2 heterocycles. The summed E-state index contributed by atoms with van der Waals surface area (Å²) in [5.41, 5.74) is 8.13. The van der Waals surface area contributed by atoms with Crippen molar-refractivity contribution in [2.75, 3.05) is 7.11 Å². The monoisotopic (exact) mass is 232 g/mol. The van der Waals surface area contributed by atoms with E-state index in [2.05, 4.69) is 10.1 Å². The second kappa shape index (κ2) is 4.97. The average molecular weight is 232 g/mol. The summed E-state index contributed by atoms with van der Waals surface area (Å²) >= 11 is 0. The van der Waals surface area contributed by atoms with Gasteiger partial charge in [-0.2, -0.15) is 5.10 Å². The lowest BCUT2D eigenvalue weighted by Crippen LogP contribution is -2.18. The van der Waals surface area contributed by atoms with Crippen molar-refractivity contribution in [3.05, 3.63) is 42.0 Å². The summed E-state index contributed by atoms with van der Waals surface area (Å²) in [5.74, 6) is 0.698. The van der Waals surface area contributed by atoms with Crippen LogP contribution in [0.1, 0.15) is 24.2 Å². The summed E-state index contributed by atoms with van der Waals surface area (Å²) in [4.78, 5) is 4.02. The number of methoxy groups -OCH3 is 1. The maximum absolute atomic E-state index is 6.24. The van der Waals surface area contributed by atoms with E-state index in [1.165, 1.54) is 0 Å². The Kier molecular flexibility index (Phi) is 3.39. The molecule has 5 heteroatoms. The van der Waals surface area contributed by atoms with Gasteiger partial charge in [-0.3, -0.25) is 9.67 Å². The number of aryl methyl sites for hydroxylation is 1. The van der Waals surface area contributed by atoms with Crippen molar-refractivity contribution in [1.82, 2.24) is 14.8 Å². The number of nitrogens with two attached hydrogens (primary N) is 1.